The molecular formula is C18H30N2O. The second kappa shape index (κ2) is 8.40. The van der Waals surface area contributed by atoms with E-state index in [1.54, 1.807) is 0 Å². The highest BCUT2D eigenvalue weighted by atomic mass is 16.5. The lowest BCUT2D eigenvalue weighted by Gasteiger charge is -2.19. The number of rotatable bonds is 8. The van der Waals surface area contributed by atoms with E-state index in [4.69, 9.17) is 4.74 Å². The summed E-state index contributed by atoms with van der Waals surface area (Å²) in [5, 5.41) is 3.47. The molecule has 118 valence electrons. The van der Waals surface area contributed by atoms with E-state index in [1.165, 1.54) is 43.6 Å². The predicted molar refractivity (Wildman–Crippen MR) is 89.1 cm³/mol. The molecule has 1 heterocycles. The van der Waals surface area contributed by atoms with Crippen LogP contribution in [0.25, 0.3) is 0 Å². The van der Waals surface area contributed by atoms with Gasteiger partial charge in [-0.3, -0.25) is 0 Å². The molecule has 21 heavy (non-hydrogen) atoms. The van der Waals surface area contributed by atoms with Crippen molar-refractivity contribution in [2.75, 3.05) is 32.8 Å². The average Bonchev–Trinajstić information content (AvgIpc) is 2.97. The van der Waals surface area contributed by atoms with Crippen LogP contribution in [-0.4, -0.2) is 37.7 Å². The molecule has 0 aromatic heterocycles. The van der Waals surface area contributed by atoms with Gasteiger partial charge in [-0.05, 0) is 64.4 Å². The Balaban J connectivity index is 1.86. The minimum absolute atomic E-state index is 0.337. The van der Waals surface area contributed by atoms with E-state index >= 15 is 0 Å². The van der Waals surface area contributed by atoms with Gasteiger partial charge in [0.15, 0.2) is 0 Å². The molecule has 1 unspecified atom stereocenters. The minimum atomic E-state index is 0.337. The largest absolute Gasteiger partial charge is 0.493 e. The maximum absolute atomic E-state index is 6.08. The van der Waals surface area contributed by atoms with Gasteiger partial charge in [-0.2, -0.15) is 0 Å². The van der Waals surface area contributed by atoms with Gasteiger partial charge in [0.05, 0.1) is 6.61 Å². The van der Waals surface area contributed by atoms with E-state index < -0.39 is 0 Å². The Hall–Kier alpha value is -1.06. The highest BCUT2D eigenvalue weighted by Crippen LogP contribution is 2.26. The van der Waals surface area contributed by atoms with E-state index in [0.29, 0.717) is 6.04 Å². The van der Waals surface area contributed by atoms with Crippen LogP contribution in [-0.2, 0) is 0 Å². The van der Waals surface area contributed by atoms with Gasteiger partial charge >= 0.3 is 0 Å². The Morgan fingerprint density at radius 1 is 1.29 bits per heavy atom. The quantitative estimate of drug-likeness (QED) is 0.741. The van der Waals surface area contributed by atoms with Crippen LogP contribution in [0.15, 0.2) is 18.2 Å². The summed E-state index contributed by atoms with van der Waals surface area (Å²) >= 11 is 0. The summed E-state index contributed by atoms with van der Waals surface area (Å²) in [6.07, 6.45) is 3.84. The van der Waals surface area contributed by atoms with E-state index in [9.17, 15) is 0 Å². The summed E-state index contributed by atoms with van der Waals surface area (Å²) in [4.78, 5) is 2.54. The van der Waals surface area contributed by atoms with Gasteiger partial charge in [0.25, 0.3) is 0 Å². The Morgan fingerprint density at radius 2 is 2.05 bits per heavy atom. The van der Waals surface area contributed by atoms with Crippen LogP contribution in [0.5, 0.6) is 5.75 Å². The molecule has 1 aromatic rings. The number of likely N-dealkylation sites (tertiary alicyclic amines) is 1. The zero-order valence-electron chi connectivity index (χ0n) is 13.8. The molecule has 1 aromatic carbocycles. The molecular weight excluding hydrogens is 260 g/mol. The van der Waals surface area contributed by atoms with Crippen LogP contribution in [0.3, 0.4) is 0 Å². The monoisotopic (exact) mass is 290 g/mol. The molecule has 3 heteroatoms. The third-order valence-electron chi connectivity index (χ3n) is 4.22. The van der Waals surface area contributed by atoms with Gasteiger partial charge in [-0.1, -0.05) is 19.1 Å². The molecule has 0 aliphatic carbocycles. The molecule has 1 fully saturated rings. The van der Waals surface area contributed by atoms with Crippen molar-refractivity contribution in [2.45, 2.75) is 46.1 Å². The highest BCUT2D eigenvalue weighted by molar-refractivity contribution is 5.39. The molecule has 0 bridgehead atoms. The first-order valence-electron chi connectivity index (χ1n) is 8.39. The number of hydrogen-bond acceptors (Lipinski definition) is 3. The fraction of sp³-hybridized carbons (Fsp3) is 0.667. The second-order valence-electron chi connectivity index (χ2n) is 6.07. The lowest BCUT2D eigenvalue weighted by molar-refractivity contribution is 0.260. The molecule has 1 N–H and O–H groups in total. The smallest absolute Gasteiger partial charge is 0.124 e. The topological polar surface area (TPSA) is 24.5 Å². The van der Waals surface area contributed by atoms with Crippen LogP contribution >= 0.6 is 0 Å². The maximum Gasteiger partial charge on any atom is 0.124 e. The van der Waals surface area contributed by atoms with Gasteiger partial charge in [0.2, 0.25) is 0 Å². The molecule has 0 spiro atoms. The van der Waals surface area contributed by atoms with E-state index in [-0.39, 0.29) is 0 Å². The van der Waals surface area contributed by atoms with Crippen molar-refractivity contribution in [1.29, 1.82) is 0 Å². The number of ether oxygens (including phenoxy) is 1. The maximum atomic E-state index is 6.08. The molecule has 0 radical (unpaired) electrons. The summed E-state index contributed by atoms with van der Waals surface area (Å²) in [7, 11) is 0. The van der Waals surface area contributed by atoms with Crippen molar-refractivity contribution in [3.8, 4) is 5.75 Å². The Morgan fingerprint density at radius 3 is 2.76 bits per heavy atom. The van der Waals surface area contributed by atoms with Crippen molar-refractivity contribution in [1.82, 2.24) is 10.2 Å². The molecule has 1 aliphatic rings. The Bertz CT molecular complexity index is 427. The van der Waals surface area contributed by atoms with Crippen molar-refractivity contribution in [3.63, 3.8) is 0 Å². The first kappa shape index (κ1) is 16.3. The van der Waals surface area contributed by atoms with Crippen LogP contribution in [0, 0.1) is 6.92 Å². The summed E-state index contributed by atoms with van der Waals surface area (Å²) in [6.45, 7) is 12.0. The summed E-state index contributed by atoms with van der Waals surface area (Å²) in [5.41, 5.74) is 2.53. The summed E-state index contributed by atoms with van der Waals surface area (Å²) in [5.74, 6) is 1.05. The summed E-state index contributed by atoms with van der Waals surface area (Å²) < 4.78 is 6.08. The second-order valence-corrected chi connectivity index (χ2v) is 6.07. The van der Waals surface area contributed by atoms with Crippen molar-refractivity contribution >= 4 is 0 Å². The fourth-order valence-electron chi connectivity index (χ4n) is 3.02. The molecule has 0 amide bonds. The SMILES string of the molecule is CCNC(C)c1ccc(C)cc1OCCCN1CCCC1. The number of nitrogens with one attached hydrogen (secondary N) is 1. The van der Waals surface area contributed by atoms with Gasteiger partial charge in [-0.25, -0.2) is 0 Å². The number of hydrogen-bond donors (Lipinski definition) is 1. The van der Waals surface area contributed by atoms with Gasteiger partial charge in [-0.15, -0.1) is 0 Å². The van der Waals surface area contributed by atoms with Crippen LogP contribution in [0.2, 0.25) is 0 Å². The van der Waals surface area contributed by atoms with E-state index in [2.05, 4.69) is 49.2 Å². The lowest BCUT2D eigenvalue weighted by Crippen LogP contribution is -2.22. The molecule has 1 aliphatic heterocycles. The van der Waals surface area contributed by atoms with E-state index in [1.807, 2.05) is 0 Å². The Kier molecular flexibility index (Phi) is 6.52. The van der Waals surface area contributed by atoms with Crippen molar-refractivity contribution in [3.05, 3.63) is 29.3 Å². The molecule has 1 saturated heterocycles. The third-order valence-corrected chi connectivity index (χ3v) is 4.22. The molecule has 3 nitrogen and oxygen atoms in total. The molecule has 1 atom stereocenters. The average molecular weight is 290 g/mol. The first-order chi connectivity index (χ1) is 10.2. The summed E-state index contributed by atoms with van der Waals surface area (Å²) in [6, 6.07) is 6.86. The number of nitrogens with zero attached hydrogens (tertiary/aromatic N) is 1. The highest BCUT2D eigenvalue weighted by Gasteiger charge is 2.13. The third kappa shape index (κ3) is 5.01. The van der Waals surface area contributed by atoms with Crippen molar-refractivity contribution < 1.29 is 4.74 Å². The van der Waals surface area contributed by atoms with Gasteiger partial charge in [0.1, 0.15) is 5.75 Å². The normalized spacial score (nSPS) is 17.1. The standard InChI is InChI=1S/C18H30N2O/c1-4-19-16(3)17-9-8-15(2)14-18(17)21-13-7-12-20-10-5-6-11-20/h8-9,14,16,19H,4-7,10-13H2,1-3H3. The van der Waals surface area contributed by atoms with Gasteiger partial charge < -0.3 is 15.0 Å². The van der Waals surface area contributed by atoms with Crippen LogP contribution in [0.4, 0.5) is 0 Å². The number of aryl methyl sites for hydroxylation is 1. The zero-order chi connectivity index (χ0) is 15.1. The Labute approximate surface area is 129 Å². The zero-order valence-corrected chi connectivity index (χ0v) is 13.8. The number of benzene rings is 1. The van der Waals surface area contributed by atoms with Crippen molar-refractivity contribution in [2.24, 2.45) is 0 Å². The molecule has 2 rings (SSSR count). The minimum Gasteiger partial charge on any atom is -0.493 e. The van der Waals surface area contributed by atoms with Crippen LogP contribution < -0.4 is 10.1 Å². The fourth-order valence-corrected chi connectivity index (χ4v) is 3.02. The molecule has 0 saturated carbocycles. The predicted octanol–water partition coefficient (Wildman–Crippen LogP) is 3.53. The first-order valence-corrected chi connectivity index (χ1v) is 8.39. The van der Waals surface area contributed by atoms with E-state index in [0.717, 1.165) is 25.3 Å². The lowest BCUT2D eigenvalue weighted by atomic mass is 10.0. The van der Waals surface area contributed by atoms with Crippen LogP contribution in [0.1, 0.15) is 50.3 Å². The van der Waals surface area contributed by atoms with Gasteiger partial charge in [0, 0.05) is 18.2 Å².